The molecule has 1 saturated heterocycles. The Kier molecular flexibility index (Phi) is 4.36. The number of carbonyl (C=O) groups is 1. The molecule has 1 N–H and O–H groups in total. The van der Waals surface area contributed by atoms with Gasteiger partial charge in [-0.05, 0) is 19.3 Å². The molecule has 0 saturated carbocycles. The summed E-state index contributed by atoms with van der Waals surface area (Å²) in [5, 5.41) is 0. The summed E-state index contributed by atoms with van der Waals surface area (Å²) in [6.07, 6.45) is 7.85. The highest BCUT2D eigenvalue weighted by Crippen LogP contribution is 2.26. The SMILES string of the molecule is CCCCCCOc1c2n(ccc1=O)NC1CCCN1C2=O. The predicted molar refractivity (Wildman–Crippen MR) is 83.8 cm³/mol. The van der Waals surface area contributed by atoms with Crippen LogP contribution in [0.1, 0.15) is 55.9 Å². The molecule has 3 rings (SSSR count). The van der Waals surface area contributed by atoms with Crippen LogP contribution in [-0.2, 0) is 0 Å². The van der Waals surface area contributed by atoms with E-state index < -0.39 is 0 Å². The molecular formula is C16H23N3O3. The molecule has 1 amide bonds. The fourth-order valence-corrected chi connectivity index (χ4v) is 3.11. The zero-order chi connectivity index (χ0) is 15.5. The highest BCUT2D eigenvalue weighted by molar-refractivity contribution is 5.96. The minimum atomic E-state index is -0.227. The van der Waals surface area contributed by atoms with Crippen LogP contribution >= 0.6 is 0 Å². The van der Waals surface area contributed by atoms with Gasteiger partial charge in [0.05, 0.1) is 6.61 Å². The van der Waals surface area contributed by atoms with E-state index >= 15 is 0 Å². The largest absolute Gasteiger partial charge is 0.487 e. The smallest absolute Gasteiger partial charge is 0.278 e. The average Bonchev–Trinajstić information content (AvgIpc) is 2.98. The first-order valence-electron chi connectivity index (χ1n) is 8.18. The quantitative estimate of drug-likeness (QED) is 0.816. The third-order valence-electron chi connectivity index (χ3n) is 4.30. The van der Waals surface area contributed by atoms with Crippen LogP contribution in [0, 0.1) is 0 Å². The number of amides is 1. The van der Waals surface area contributed by atoms with Gasteiger partial charge < -0.3 is 15.1 Å². The maximum atomic E-state index is 12.7. The van der Waals surface area contributed by atoms with Gasteiger partial charge in [0.1, 0.15) is 6.17 Å². The number of hydrogen-bond acceptors (Lipinski definition) is 4. The summed E-state index contributed by atoms with van der Waals surface area (Å²) in [5.74, 6) is 0.0735. The third kappa shape index (κ3) is 2.69. The standard InChI is InChI=1S/C16H23N3O3/c1-2-3-4-5-11-22-15-12(20)8-10-19-14(15)16(21)18-9-6-7-13(18)17-19/h8,10,13,17H,2-7,9,11H2,1H3. The molecule has 6 heteroatoms. The number of rotatable bonds is 6. The van der Waals surface area contributed by atoms with Gasteiger partial charge in [-0.2, -0.15) is 0 Å². The van der Waals surface area contributed by atoms with Gasteiger partial charge in [-0.15, -0.1) is 0 Å². The molecule has 6 nitrogen and oxygen atoms in total. The van der Waals surface area contributed by atoms with Crippen LogP contribution in [0.4, 0.5) is 0 Å². The molecule has 120 valence electrons. The second kappa shape index (κ2) is 6.42. The first-order valence-corrected chi connectivity index (χ1v) is 8.18. The average molecular weight is 305 g/mol. The van der Waals surface area contributed by atoms with Crippen molar-refractivity contribution in [3.63, 3.8) is 0 Å². The van der Waals surface area contributed by atoms with Gasteiger partial charge in [0, 0.05) is 18.8 Å². The van der Waals surface area contributed by atoms with Gasteiger partial charge in [-0.1, -0.05) is 26.2 Å². The minimum Gasteiger partial charge on any atom is -0.487 e. The van der Waals surface area contributed by atoms with Gasteiger partial charge in [0.25, 0.3) is 5.91 Å². The fraction of sp³-hybridized carbons (Fsp3) is 0.625. The molecule has 1 atom stereocenters. The van der Waals surface area contributed by atoms with Crippen LogP contribution in [0.5, 0.6) is 5.75 Å². The second-order valence-electron chi connectivity index (χ2n) is 5.92. The molecule has 0 aliphatic carbocycles. The van der Waals surface area contributed by atoms with Crippen molar-refractivity contribution in [1.29, 1.82) is 0 Å². The highest BCUT2D eigenvalue weighted by atomic mass is 16.5. The van der Waals surface area contributed by atoms with E-state index in [9.17, 15) is 9.59 Å². The van der Waals surface area contributed by atoms with Crippen molar-refractivity contribution in [3.05, 3.63) is 28.2 Å². The maximum Gasteiger partial charge on any atom is 0.278 e. The Bertz CT molecular complexity index is 611. The molecule has 3 heterocycles. The lowest BCUT2D eigenvalue weighted by Gasteiger charge is -2.34. The highest BCUT2D eigenvalue weighted by Gasteiger charge is 2.37. The van der Waals surface area contributed by atoms with Crippen molar-refractivity contribution in [2.75, 3.05) is 18.6 Å². The summed E-state index contributed by atoms with van der Waals surface area (Å²) in [5.41, 5.74) is 3.38. The molecule has 2 aliphatic heterocycles. The Labute approximate surface area is 130 Å². The number of unbranched alkanes of at least 4 members (excludes halogenated alkanes) is 3. The number of hydrogen-bond donors (Lipinski definition) is 1. The van der Waals surface area contributed by atoms with Crippen molar-refractivity contribution in [3.8, 4) is 5.75 Å². The lowest BCUT2D eigenvalue weighted by molar-refractivity contribution is 0.0695. The molecular weight excluding hydrogens is 282 g/mol. The van der Waals surface area contributed by atoms with Crippen LogP contribution in [0.15, 0.2) is 17.1 Å². The van der Waals surface area contributed by atoms with Gasteiger partial charge in [-0.25, -0.2) is 0 Å². The fourth-order valence-electron chi connectivity index (χ4n) is 3.11. The first kappa shape index (κ1) is 14.9. The second-order valence-corrected chi connectivity index (χ2v) is 5.92. The van der Waals surface area contributed by atoms with Crippen LogP contribution in [0.3, 0.4) is 0 Å². The van der Waals surface area contributed by atoms with Crippen molar-refractivity contribution in [2.45, 2.75) is 51.6 Å². The molecule has 1 fully saturated rings. The zero-order valence-electron chi connectivity index (χ0n) is 13.0. The van der Waals surface area contributed by atoms with E-state index in [1.54, 1.807) is 15.8 Å². The van der Waals surface area contributed by atoms with Crippen molar-refractivity contribution >= 4 is 5.91 Å². The topological polar surface area (TPSA) is 63.6 Å². The zero-order valence-corrected chi connectivity index (χ0v) is 13.0. The summed E-state index contributed by atoms with van der Waals surface area (Å²) < 4.78 is 7.33. The van der Waals surface area contributed by atoms with Crippen LogP contribution in [0.25, 0.3) is 0 Å². The Morgan fingerprint density at radius 2 is 2.18 bits per heavy atom. The molecule has 1 unspecified atom stereocenters. The van der Waals surface area contributed by atoms with E-state index in [0.29, 0.717) is 12.3 Å². The van der Waals surface area contributed by atoms with Crippen LogP contribution < -0.4 is 15.6 Å². The Hall–Kier alpha value is -1.98. The minimum absolute atomic E-state index is 0.0277. The molecule has 0 aromatic carbocycles. The summed E-state index contributed by atoms with van der Waals surface area (Å²) in [6.45, 7) is 3.36. The maximum absolute atomic E-state index is 12.7. The van der Waals surface area contributed by atoms with Crippen LogP contribution in [-0.4, -0.2) is 34.8 Å². The third-order valence-corrected chi connectivity index (χ3v) is 4.30. The molecule has 22 heavy (non-hydrogen) atoms. The molecule has 1 aromatic rings. The Morgan fingerprint density at radius 1 is 1.32 bits per heavy atom. The summed E-state index contributed by atoms with van der Waals surface area (Å²) >= 11 is 0. The van der Waals surface area contributed by atoms with Gasteiger partial charge in [0.2, 0.25) is 5.43 Å². The number of carbonyl (C=O) groups excluding carboxylic acids is 1. The van der Waals surface area contributed by atoms with Crippen molar-refractivity contribution in [2.24, 2.45) is 0 Å². The van der Waals surface area contributed by atoms with E-state index in [2.05, 4.69) is 12.3 Å². The number of nitrogens with zero attached hydrogens (tertiary/aromatic N) is 2. The lowest BCUT2D eigenvalue weighted by Crippen LogP contribution is -2.50. The number of ether oxygens (including phenoxy) is 1. The van der Waals surface area contributed by atoms with Crippen molar-refractivity contribution < 1.29 is 9.53 Å². The number of aromatic nitrogens is 1. The summed E-state index contributed by atoms with van der Waals surface area (Å²) in [7, 11) is 0. The van der Waals surface area contributed by atoms with E-state index in [0.717, 1.165) is 45.1 Å². The molecule has 1 aromatic heterocycles. The van der Waals surface area contributed by atoms with E-state index in [1.807, 2.05) is 0 Å². The van der Waals surface area contributed by atoms with Crippen molar-refractivity contribution in [1.82, 2.24) is 9.58 Å². The first-order chi connectivity index (χ1) is 10.7. The molecule has 0 radical (unpaired) electrons. The predicted octanol–water partition coefficient (Wildman–Crippen LogP) is 1.93. The molecule has 0 bridgehead atoms. The Balaban J connectivity index is 1.80. The van der Waals surface area contributed by atoms with Gasteiger partial charge in [0.15, 0.2) is 11.4 Å². The number of pyridine rings is 1. The number of nitrogens with one attached hydrogen (secondary N) is 1. The van der Waals surface area contributed by atoms with E-state index in [4.69, 9.17) is 4.74 Å². The normalized spacial score (nSPS) is 19.6. The number of fused-ring (bicyclic) bond motifs is 2. The monoisotopic (exact) mass is 305 g/mol. The van der Waals surface area contributed by atoms with E-state index in [-0.39, 0.29) is 23.3 Å². The van der Waals surface area contributed by atoms with Crippen LogP contribution in [0.2, 0.25) is 0 Å². The summed E-state index contributed by atoms with van der Waals surface area (Å²) in [6, 6.07) is 1.45. The van der Waals surface area contributed by atoms with E-state index in [1.165, 1.54) is 6.07 Å². The van der Waals surface area contributed by atoms with Gasteiger partial charge in [-0.3, -0.25) is 14.3 Å². The molecule has 0 spiro atoms. The molecule has 2 aliphatic rings. The Morgan fingerprint density at radius 3 is 3.00 bits per heavy atom. The lowest BCUT2D eigenvalue weighted by atomic mass is 10.2. The summed E-state index contributed by atoms with van der Waals surface area (Å²) in [4.78, 5) is 26.6. The van der Waals surface area contributed by atoms with Gasteiger partial charge >= 0.3 is 0 Å².